The number of nitrogens with one attached hydrogen (secondary N) is 1. The molecule has 20 heavy (non-hydrogen) atoms. The molecule has 0 aliphatic heterocycles. The number of aliphatic hydroxyl groups excluding tert-OH is 1. The van der Waals surface area contributed by atoms with Gasteiger partial charge in [-0.2, -0.15) is 12.6 Å². The van der Waals surface area contributed by atoms with E-state index in [9.17, 15) is 4.79 Å². The Morgan fingerprint density at radius 3 is 2.05 bits per heavy atom. The van der Waals surface area contributed by atoms with Gasteiger partial charge in [-0.15, -0.1) is 0 Å². The van der Waals surface area contributed by atoms with Crippen molar-refractivity contribution in [2.24, 2.45) is 0 Å². The lowest BCUT2D eigenvalue weighted by atomic mass is 10.1. The molecule has 0 heterocycles. The van der Waals surface area contributed by atoms with Gasteiger partial charge in [-0.25, -0.2) is 0 Å². The summed E-state index contributed by atoms with van der Waals surface area (Å²) in [4.78, 5) is 11.4. The molecule has 0 bridgehead atoms. The molecule has 1 amide bonds. The van der Waals surface area contributed by atoms with Gasteiger partial charge in [0, 0.05) is 17.7 Å². The zero-order valence-corrected chi connectivity index (χ0v) is 13.3. The summed E-state index contributed by atoms with van der Waals surface area (Å²) < 4.78 is 15.3. The van der Waals surface area contributed by atoms with E-state index in [2.05, 4.69) is 17.9 Å². The minimum atomic E-state index is -0.295. The van der Waals surface area contributed by atoms with Crippen molar-refractivity contribution in [1.29, 1.82) is 0 Å². The molecule has 0 aromatic carbocycles. The first-order valence-electron chi connectivity index (χ1n) is 6.79. The Bertz CT molecular complexity index is 245. The van der Waals surface area contributed by atoms with Crippen molar-refractivity contribution in [1.82, 2.24) is 5.32 Å². The van der Waals surface area contributed by atoms with Crippen molar-refractivity contribution in [2.45, 2.75) is 25.0 Å². The average Bonchev–Trinajstić information content (AvgIpc) is 2.34. The normalized spacial score (nSPS) is 11.6. The average molecular weight is 309 g/mol. The van der Waals surface area contributed by atoms with Gasteiger partial charge in [-0.1, -0.05) is 13.8 Å². The molecule has 0 fully saturated rings. The number of hydrogen-bond donors (Lipinski definition) is 3. The quantitative estimate of drug-likeness (QED) is 0.336. The Morgan fingerprint density at radius 1 is 1.05 bits per heavy atom. The molecule has 0 aliphatic carbocycles. The van der Waals surface area contributed by atoms with Gasteiger partial charge in [-0.3, -0.25) is 4.79 Å². The lowest BCUT2D eigenvalue weighted by Crippen LogP contribution is -2.31. The van der Waals surface area contributed by atoms with Crippen molar-refractivity contribution in [2.75, 3.05) is 52.8 Å². The van der Waals surface area contributed by atoms with E-state index in [1.54, 1.807) is 0 Å². The predicted octanol–water partition coefficient (Wildman–Crippen LogP) is 0.243. The van der Waals surface area contributed by atoms with Crippen LogP contribution in [0.15, 0.2) is 0 Å². The maximum Gasteiger partial charge on any atom is 0.221 e. The summed E-state index contributed by atoms with van der Waals surface area (Å²) in [5, 5.41) is 11.2. The molecule has 0 aliphatic rings. The molecular formula is C13H27NO5S. The number of thiol groups is 1. The fraction of sp³-hybridized carbons (Fsp3) is 0.923. The second kappa shape index (κ2) is 12.4. The highest BCUT2D eigenvalue weighted by Gasteiger charge is 2.16. The van der Waals surface area contributed by atoms with Crippen LogP contribution in [0.1, 0.15) is 20.3 Å². The van der Waals surface area contributed by atoms with Gasteiger partial charge >= 0.3 is 0 Å². The summed E-state index contributed by atoms with van der Waals surface area (Å²) in [5.74, 6) is -0.0223. The molecule has 120 valence electrons. The van der Waals surface area contributed by atoms with E-state index < -0.39 is 0 Å². The van der Waals surface area contributed by atoms with Crippen LogP contribution in [-0.2, 0) is 19.0 Å². The first-order valence-corrected chi connectivity index (χ1v) is 7.23. The number of aliphatic hydroxyl groups is 1. The van der Waals surface area contributed by atoms with E-state index in [0.717, 1.165) is 0 Å². The largest absolute Gasteiger partial charge is 0.394 e. The molecule has 0 saturated carbocycles. The Labute approximate surface area is 126 Å². The Balaban J connectivity index is 3.19. The zero-order chi connectivity index (χ0) is 15.3. The third-order valence-corrected chi connectivity index (χ3v) is 2.30. The summed E-state index contributed by atoms with van der Waals surface area (Å²) in [6.45, 7) is 7.02. The van der Waals surface area contributed by atoms with Crippen LogP contribution in [0.2, 0.25) is 0 Å². The van der Waals surface area contributed by atoms with Crippen LogP contribution in [-0.4, -0.2) is 68.6 Å². The van der Waals surface area contributed by atoms with Gasteiger partial charge in [0.2, 0.25) is 5.91 Å². The third-order valence-electron chi connectivity index (χ3n) is 2.14. The van der Waals surface area contributed by atoms with Crippen LogP contribution in [0.4, 0.5) is 0 Å². The first-order chi connectivity index (χ1) is 9.45. The first kappa shape index (κ1) is 19.7. The topological polar surface area (TPSA) is 77.0 Å². The van der Waals surface area contributed by atoms with Crippen LogP contribution < -0.4 is 5.32 Å². The second-order valence-electron chi connectivity index (χ2n) is 4.90. The van der Waals surface area contributed by atoms with Crippen LogP contribution >= 0.6 is 12.6 Å². The SMILES string of the molecule is CC(C)(S)CC(=O)NCCOCCOCCOCCO. The van der Waals surface area contributed by atoms with E-state index in [0.29, 0.717) is 52.6 Å². The van der Waals surface area contributed by atoms with E-state index in [1.165, 1.54) is 0 Å². The van der Waals surface area contributed by atoms with Crippen molar-refractivity contribution in [3.8, 4) is 0 Å². The molecule has 0 aromatic heterocycles. The molecule has 0 aromatic rings. The molecule has 0 radical (unpaired) electrons. The number of ether oxygens (including phenoxy) is 3. The lowest BCUT2D eigenvalue weighted by Gasteiger charge is -2.16. The molecule has 0 saturated heterocycles. The second-order valence-corrected chi connectivity index (χ2v) is 6.11. The minimum Gasteiger partial charge on any atom is -0.394 e. The smallest absolute Gasteiger partial charge is 0.221 e. The summed E-state index contributed by atoms with van der Waals surface area (Å²) in [5.41, 5.74) is 0. The lowest BCUT2D eigenvalue weighted by molar-refractivity contribution is -0.121. The minimum absolute atomic E-state index is 0.0223. The van der Waals surface area contributed by atoms with E-state index in [1.807, 2.05) is 13.8 Å². The summed E-state index contributed by atoms with van der Waals surface area (Å²) in [6.07, 6.45) is 0.382. The zero-order valence-electron chi connectivity index (χ0n) is 12.4. The highest BCUT2D eigenvalue weighted by molar-refractivity contribution is 7.81. The summed E-state index contributed by atoms with van der Waals surface area (Å²) in [7, 11) is 0. The number of amides is 1. The van der Waals surface area contributed by atoms with Gasteiger partial charge in [0.25, 0.3) is 0 Å². The summed E-state index contributed by atoms with van der Waals surface area (Å²) >= 11 is 4.29. The number of hydrogen-bond acceptors (Lipinski definition) is 6. The van der Waals surface area contributed by atoms with Crippen LogP contribution in [0.5, 0.6) is 0 Å². The highest BCUT2D eigenvalue weighted by Crippen LogP contribution is 2.15. The van der Waals surface area contributed by atoms with Crippen molar-refractivity contribution < 1.29 is 24.1 Å². The molecule has 0 rings (SSSR count). The fourth-order valence-electron chi connectivity index (χ4n) is 1.32. The van der Waals surface area contributed by atoms with E-state index in [4.69, 9.17) is 19.3 Å². The van der Waals surface area contributed by atoms with Crippen molar-refractivity contribution in [3.05, 3.63) is 0 Å². The van der Waals surface area contributed by atoms with Gasteiger partial charge in [0.15, 0.2) is 0 Å². The number of carbonyl (C=O) groups is 1. The van der Waals surface area contributed by atoms with Crippen LogP contribution in [0.25, 0.3) is 0 Å². The van der Waals surface area contributed by atoms with Crippen LogP contribution in [0.3, 0.4) is 0 Å². The van der Waals surface area contributed by atoms with Crippen molar-refractivity contribution >= 4 is 18.5 Å². The van der Waals surface area contributed by atoms with E-state index in [-0.39, 0.29) is 17.3 Å². The van der Waals surface area contributed by atoms with E-state index >= 15 is 0 Å². The number of rotatable bonds is 13. The molecular weight excluding hydrogens is 282 g/mol. The van der Waals surface area contributed by atoms with Gasteiger partial charge < -0.3 is 24.6 Å². The summed E-state index contributed by atoms with van der Waals surface area (Å²) in [6, 6.07) is 0. The third kappa shape index (κ3) is 15.7. The maximum absolute atomic E-state index is 11.4. The van der Waals surface area contributed by atoms with Gasteiger partial charge in [0.1, 0.15) is 0 Å². The monoisotopic (exact) mass is 309 g/mol. The standard InChI is InChI=1S/C13H27NO5S/c1-13(2,20)11-12(16)14-3-5-17-7-9-19-10-8-18-6-4-15/h15,20H,3-11H2,1-2H3,(H,14,16). The maximum atomic E-state index is 11.4. The van der Waals surface area contributed by atoms with Gasteiger partial charge in [-0.05, 0) is 0 Å². The Kier molecular flexibility index (Phi) is 12.2. The molecule has 0 unspecified atom stereocenters. The molecule has 0 spiro atoms. The fourth-order valence-corrected chi connectivity index (χ4v) is 1.47. The van der Waals surface area contributed by atoms with Crippen molar-refractivity contribution in [3.63, 3.8) is 0 Å². The molecule has 0 atom stereocenters. The Hall–Kier alpha value is -0.340. The number of carbonyl (C=O) groups excluding carboxylic acids is 1. The van der Waals surface area contributed by atoms with Gasteiger partial charge in [0.05, 0.1) is 46.2 Å². The molecule has 7 heteroatoms. The highest BCUT2D eigenvalue weighted by atomic mass is 32.1. The van der Waals surface area contributed by atoms with Crippen LogP contribution in [0, 0.1) is 0 Å². The molecule has 2 N–H and O–H groups in total. The molecule has 6 nitrogen and oxygen atoms in total. The predicted molar refractivity (Wildman–Crippen MR) is 80.2 cm³/mol. The Morgan fingerprint density at radius 2 is 1.55 bits per heavy atom.